The van der Waals surface area contributed by atoms with Crippen LogP contribution in [0.4, 0.5) is 0 Å². The first-order valence-electron chi connectivity index (χ1n) is 5.45. The van der Waals surface area contributed by atoms with Crippen LogP contribution in [-0.4, -0.2) is 13.0 Å². The van der Waals surface area contributed by atoms with Crippen molar-refractivity contribution in [1.82, 2.24) is 0 Å². The highest BCUT2D eigenvalue weighted by atomic mass is 32.2. The van der Waals surface area contributed by atoms with Gasteiger partial charge in [0.15, 0.2) is 10.3 Å². The molecule has 0 fully saturated rings. The molecule has 0 saturated heterocycles. The lowest BCUT2D eigenvalue weighted by molar-refractivity contribution is -0.310. The molecule has 19 heavy (non-hydrogen) atoms. The molecule has 2 aromatic carbocycles. The predicted octanol–water partition coefficient (Wildman–Crippen LogP) is 2.65. The van der Waals surface area contributed by atoms with Crippen LogP contribution in [0.25, 0.3) is 26.9 Å². The Hall–Kier alpha value is -2.02. The zero-order chi connectivity index (χ0) is 13.9. The van der Waals surface area contributed by atoms with Crippen molar-refractivity contribution in [2.24, 2.45) is 0 Å². The summed E-state index contributed by atoms with van der Waals surface area (Å²) in [6, 6.07) is 18.9. The minimum absolute atomic E-state index is 1.19. The number of hydrogen-bond donors (Lipinski definition) is 1. The number of nitrogens with one attached hydrogen (secondary N) is 2. The molecule has 1 heterocycles. The van der Waals surface area contributed by atoms with E-state index in [1.165, 1.54) is 21.8 Å². The maximum atomic E-state index is 8.85. The second-order valence-corrected chi connectivity index (χ2v) is 4.87. The number of benzene rings is 2. The van der Waals surface area contributed by atoms with E-state index in [0.29, 0.717) is 0 Å². The van der Waals surface area contributed by atoms with Crippen LogP contribution < -0.4 is 4.98 Å². The van der Waals surface area contributed by atoms with Gasteiger partial charge in [-0.15, -0.1) is 0 Å². The third-order valence-corrected chi connectivity index (χ3v) is 2.50. The quantitative estimate of drug-likeness (QED) is 0.505. The Morgan fingerprint density at radius 1 is 0.895 bits per heavy atom. The van der Waals surface area contributed by atoms with Gasteiger partial charge in [0.25, 0.3) is 0 Å². The molecule has 5 nitrogen and oxygen atoms in total. The van der Waals surface area contributed by atoms with Gasteiger partial charge in [-0.25, -0.2) is 13.4 Å². The van der Waals surface area contributed by atoms with Gasteiger partial charge in [-0.05, 0) is 18.2 Å². The molecule has 0 atom stereocenters. The van der Waals surface area contributed by atoms with Crippen LogP contribution in [0.15, 0.2) is 54.6 Å². The molecule has 0 radical (unpaired) electrons. The topological polar surface area (TPSA) is 92.3 Å². The van der Waals surface area contributed by atoms with Crippen molar-refractivity contribution >= 4 is 32.1 Å². The van der Waals surface area contributed by atoms with Gasteiger partial charge in [0.2, 0.25) is 11.0 Å². The molecule has 0 amide bonds. The standard InChI is InChI=1S/C13H9N.H2NO3S/c1-3-7-12-10(5-1)9-11-6-2-4-8-13(11)14-12;1-5(2,3)4/h1-9H;(H2-,1,2,3,4)/q;-1/p+1. The van der Waals surface area contributed by atoms with Crippen LogP contribution in [0.5, 0.6) is 0 Å². The van der Waals surface area contributed by atoms with Crippen LogP contribution in [-0.2, 0) is 10.3 Å². The molecule has 0 aliphatic carbocycles. The van der Waals surface area contributed by atoms with Crippen LogP contribution >= 0.6 is 0 Å². The molecule has 0 aliphatic rings. The fourth-order valence-electron chi connectivity index (χ4n) is 1.79. The molecular formula is C13H12N2O3S. The average molecular weight is 276 g/mol. The second-order valence-electron chi connectivity index (χ2n) is 3.92. The summed E-state index contributed by atoms with van der Waals surface area (Å²) >= 11 is 0. The van der Waals surface area contributed by atoms with Crippen LogP contribution in [0.3, 0.4) is 0 Å². The lowest BCUT2D eigenvalue weighted by Crippen LogP contribution is -2.04. The van der Waals surface area contributed by atoms with E-state index in [9.17, 15) is 0 Å². The number of aromatic amines is 1. The van der Waals surface area contributed by atoms with Crippen molar-refractivity contribution in [1.29, 1.82) is 0 Å². The Morgan fingerprint density at radius 2 is 1.26 bits per heavy atom. The highest BCUT2D eigenvalue weighted by molar-refractivity contribution is 7.87. The van der Waals surface area contributed by atoms with Crippen molar-refractivity contribution in [3.63, 3.8) is 0 Å². The van der Waals surface area contributed by atoms with E-state index in [1.54, 1.807) is 0 Å². The minimum atomic E-state index is -4.42. The number of H-pyrrole nitrogens is 1. The zero-order valence-corrected chi connectivity index (χ0v) is 10.7. The summed E-state index contributed by atoms with van der Waals surface area (Å²) in [5.74, 6) is 0. The van der Waals surface area contributed by atoms with Crippen molar-refractivity contribution < 1.29 is 18.0 Å². The summed E-state index contributed by atoms with van der Waals surface area (Å²) < 4.78 is 24.9. The van der Waals surface area contributed by atoms with E-state index in [1.807, 2.05) is 12.1 Å². The van der Waals surface area contributed by atoms with Gasteiger partial charge in [0.1, 0.15) is 0 Å². The summed E-state index contributed by atoms with van der Waals surface area (Å²) in [5.41, 5.74) is 2.37. The first-order valence-corrected chi connectivity index (χ1v) is 6.89. The number of para-hydroxylation sites is 2. The van der Waals surface area contributed by atoms with Gasteiger partial charge in [-0.3, -0.25) is 4.55 Å². The van der Waals surface area contributed by atoms with E-state index >= 15 is 0 Å². The molecular weight excluding hydrogens is 264 g/mol. The summed E-state index contributed by atoms with van der Waals surface area (Å²) in [6.45, 7) is 0. The van der Waals surface area contributed by atoms with Crippen molar-refractivity contribution in [3.8, 4) is 0 Å². The monoisotopic (exact) mass is 276 g/mol. The summed E-state index contributed by atoms with van der Waals surface area (Å²) in [7, 11) is -4.42. The summed E-state index contributed by atoms with van der Waals surface area (Å²) in [4.78, 5) is 3.41. The number of pyridine rings is 1. The van der Waals surface area contributed by atoms with Crippen LogP contribution in [0.1, 0.15) is 0 Å². The molecule has 0 saturated carbocycles. The molecule has 0 bridgehead atoms. The van der Waals surface area contributed by atoms with Gasteiger partial charge < -0.3 is 5.14 Å². The fourth-order valence-corrected chi connectivity index (χ4v) is 1.79. The SMILES string of the molecule is [NH-]S(=O)(=O)O.c1ccc2[nH+]c3ccccc3cc2c1. The zero-order valence-electron chi connectivity index (χ0n) is 9.87. The molecule has 3 rings (SSSR count). The van der Waals surface area contributed by atoms with E-state index in [4.69, 9.17) is 18.1 Å². The number of rotatable bonds is 0. The number of hydrogen-bond acceptors (Lipinski definition) is 2. The maximum Gasteiger partial charge on any atom is 0.211 e. The Kier molecular flexibility index (Phi) is 3.75. The highest BCUT2D eigenvalue weighted by Crippen LogP contribution is 2.15. The lowest BCUT2D eigenvalue weighted by Gasteiger charge is -1.94. The van der Waals surface area contributed by atoms with E-state index in [2.05, 4.69) is 47.4 Å². The number of fused-ring (bicyclic) bond motifs is 2. The molecule has 6 heteroatoms. The van der Waals surface area contributed by atoms with Gasteiger partial charge in [0.05, 0.1) is 0 Å². The van der Waals surface area contributed by atoms with E-state index in [0.717, 1.165) is 0 Å². The largest absolute Gasteiger partial charge is 0.540 e. The minimum Gasteiger partial charge on any atom is -0.540 e. The highest BCUT2D eigenvalue weighted by Gasteiger charge is 2.03. The lowest BCUT2D eigenvalue weighted by atomic mass is 10.1. The molecule has 0 spiro atoms. The van der Waals surface area contributed by atoms with Gasteiger partial charge in [-0.1, -0.05) is 24.3 Å². The van der Waals surface area contributed by atoms with E-state index in [-0.39, 0.29) is 0 Å². The van der Waals surface area contributed by atoms with Crippen LogP contribution in [0.2, 0.25) is 0 Å². The molecule has 3 N–H and O–H groups in total. The summed E-state index contributed by atoms with van der Waals surface area (Å²) in [5, 5.41) is 7.98. The van der Waals surface area contributed by atoms with Gasteiger partial charge >= 0.3 is 0 Å². The molecule has 0 unspecified atom stereocenters. The fraction of sp³-hybridized carbons (Fsp3) is 0. The Bertz CT molecular complexity index is 703. The molecule has 1 aromatic heterocycles. The maximum absolute atomic E-state index is 8.85. The Balaban J connectivity index is 0.000000232. The second kappa shape index (κ2) is 5.31. The molecule has 0 aliphatic heterocycles. The third kappa shape index (κ3) is 3.99. The molecule has 98 valence electrons. The molecule has 3 aromatic rings. The normalized spacial score (nSPS) is 11.1. The van der Waals surface area contributed by atoms with Crippen LogP contribution in [0, 0.1) is 0 Å². The first-order chi connectivity index (χ1) is 8.93. The Labute approximate surface area is 110 Å². The van der Waals surface area contributed by atoms with E-state index < -0.39 is 10.3 Å². The van der Waals surface area contributed by atoms with Gasteiger partial charge in [0, 0.05) is 22.9 Å². The summed E-state index contributed by atoms with van der Waals surface area (Å²) in [6.07, 6.45) is 0. The van der Waals surface area contributed by atoms with Gasteiger partial charge in [-0.2, -0.15) is 0 Å². The first kappa shape index (κ1) is 13.4. The van der Waals surface area contributed by atoms with Crippen molar-refractivity contribution in [2.75, 3.05) is 0 Å². The Morgan fingerprint density at radius 3 is 1.68 bits per heavy atom. The predicted molar refractivity (Wildman–Crippen MR) is 73.9 cm³/mol. The smallest absolute Gasteiger partial charge is 0.211 e. The third-order valence-electron chi connectivity index (χ3n) is 2.50. The van der Waals surface area contributed by atoms with Crippen molar-refractivity contribution in [2.45, 2.75) is 0 Å². The average Bonchev–Trinajstić information content (AvgIpc) is 2.34. The van der Waals surface area contributed by atoms with Crippen molar-refractivity contribution in [3.05, 3.63) is 59.7 Å². The number of aromatic nitrogens is 1.